The van der Waals surface area contributed by atoms with Crippen LogP contribution in [-0.2, 0) is 14.4 Å². The van der Waals surface area contributed by atoms with Gasteiger partial charge in [-0.2, -0.15) is 0 Å². The molecule has 0 saturated carbocycles. The van der Waals surface area contributed by atoms with E-state index in [0.717, 1.165) is 19.3 Å². The Morgan fingerprint density at radius 2 is 2.00 bits per heavy atom. The molecule has 0 spiro atoms. The summed E-state index contributed by atoms with van der Waals surface area (Å²) in [5, 5.41) is 0. The maximum absolute atomic E-state index is 12.8. The molecular formula is C17H32N4O3. The monoisotopic (exact) mass is 340 g/mol. The zero-order valence-corrected chi connectivity index (χ0v) is 15.3. The van der Waals surface area contributed by atoms with Crippen molar-refractivity contribution in [1.29, 1.82) is 0 Å². The lowest BCUT2D eigenvalue weighted by atomic mass is 9.88. The van der Waals surface area contributed by atoms with E-state index in [0.29, 0.717) is 19.3 Å². The molecule has 3 unspecified atom stereocenters. The summed E-state index contributed by atoms with van der Waals surface area (Å²) in [6.07, 6.45) is 3.75. The van der Waals surface area contributed by atoms with E-state index in [-0.39, 0.29) is 30.4 Å². The minimum atomic E-state index is -0.679. The van der Waals surface area contributed by atoms with E-state index in [4.69, 9.17) is 11.5 Å². The van der Waals surface area contributed by atoms with Gasteiger partial charge in [-0.1, -0.05) is 20.8 Å². The molecule has 0 aromatic rings. The third-order valence-corrected chi connectivity index (χ3v) is 5.26. The topological polar surface area (TPSA) is 110 Å². The zero-order chi connectivity index (χ0) is 18.5. The van der Waals surface area contributed by atoms with Crippen molar-refractivity contribution in [3.05, 3.63) is 0 Å². The number of hydrogen-bond donors (Lipinski definition) is 2. The fraction of sp³-hybridized carbons (Fsp3) is 0.824. The molecular weight excluding hydrogens is 308 g/mol. The van der Waals surface area contributed by atoms with Gasteiger partial charge >= 0.3 is 0 Å². The van der Waals surface area contributed by atoms with Crippen LogP contribution in [0.15, 0.2) is 0 Å². The van der Waals surface area contributed by atoms with Gasteiger partial charge in [0.25, 0.3) is 0 Å². The Kier molecular flexibility index (Phi) is 7.35. The average Bonchev–Trinajstić information content (AvgIpc) is 2.91. The van der Waals surface area contributed by atoms with Crippen LogP contribution in [-0.4, -0.2) is 66.2 Å². The third-order valence-electron chi connectivity index (χ3n) is 5.26. The molecule has 1 heterocycles. The highest BCUT2D eigenvalue weighted by atomic mass is 16.2. The van der Waals surface area contributed by atoms with E-state index < -0.39 is 11.5 Å². The Labute approximate surface area is 144 Å². The summed E-state index contributed by atoms with van der Waals surface area (Å²) in [5.74, 6) is -0.294. The largest absolute Gasteiger partial charge is 0.368 e. The highest BCUT2D eigenvalue weighted by Gasteiger charge is 2.35. The van der Waals surface area contributed by atoms with Gasteiger partial charge in [0.1, 0.15) is 6.29 Å². The molecule has 1 fully saturated rings. The summed E-state index contributed by atoms with van der Waals surface area (Å²) < 4.78 is 0. The molecule has 24 heavy (non-hydrogen) atoms. The molecule has 0 aromatic carbocycles. The Balaban J connectivity index is 2.74. The number of amides is 2. The predicted molar refractivity (Wildman–Crippen MR) is 93.1 cm³/mol. The lowest BCUT2D eigenvalue weighted by Crippen LogP contribution is -2.48. The first-order valence-electron chi connectivity index (χ1n) is 8.65. The van der Waals surface area contributed by atoms with E-state index in [9.17, 15) is 14.4 Å². The lowest BCUT2D eigenvalue weighted by Gasteiger charge is -2.33. The second-order valence-electron chi connectivity index (χ2n) is 7.39. The minimum absolute atomic E-state index is 0.00870. The molecule has 138 valence electrons. The standard InChI is InChI=1S/C17H32N4O3/c1-5-17(2,3)16(24)21(10-12(18)11-22)9-8-13-6-7-14(15(19)23)20(13)4/h11-14H,5-10,18H2,1-4H3,(H2,19,23). The summed E-state index contributed by atoms with van der Waals surface area (Å²) in [4.78, 5) is 38.8. The maximum Gasteiger partial charge on any atom is 0.234 e. The summed E-state index contributed by atoms with van der Waals surface area (Å²) in [6.45, 7) is 6.52. The van der Waals surface area contributed by atoms with Crippen molar-refractivity contribution in [3.63, 3.8) is 0 Å². The Morgan fingerprint density at radius 3 is 2.46 bits per heavy atom. The van der Waals surface area contributed by atoms with Crippen LogP contribution < -0.4 is 11.5 Å². The summed E-state index contributed by atoms with van der Waals surface area (Å²) in [6, 6.07) is -0.709. The first-order chi connectivity index (χ1) is 11.1. The van der Waals surface area contributed by atoms with Crippen LogP contribution in [0, 0.1) is 5.41 Å². The first-order valence-corrected chi connectivity index (χ1v) is 8.65. The van der Waals surface area contributed by atoms with Gasteiger partial charge < -0.3 is 21.2 Å². The van der Waals surface area contributed by atoms with Crippen LogP contribution in [0.2, 0.25) is 0 Å². The minimum Gasteiger partial charge on any atom is -0.368 e. The first kappa shape index (κ1) is 20.6. The molecule has 1 rings (SSSR count). The van der Waals surface area contributed by atoms with Crippen molar-refractivity contribution in [1.82, 2.24) is 9.80 Å². The van der Waals surface area contributed by atoms with Gasteiger partial charge in [-0.05, 0) is 32.7 Å². The van der Waals surface area contributed by atoms with Gasteiger partial charge in [-0.15, -0.1) is 0 Å². The Hall–Kier alpha value is -1.47. The summed E-state index contributed by atoms with van der Waals surface area (Å²) >= 11 is 0. The zero-order valence-electron chi connectivity index (χ0n) is 15.3. The molecule has 0 radical (unpaired) electrons. The highest BCUT2D eigenvalue weighted by Crippen LogP contribution is 2.26. The number of likely N-dealkylation sites (tertiary alicyclic amines) is 1. The van der Waals surface area contributed by atoms with Crippen LogP contribution in [0.25, 0.3) is 0 Å². The molecule has 0 bridgehead atoms. The number of nitrogens with two attached hydrogens (primary N) is 2. The van der Waals surface area contributed by atoms with Crippen molar-refractivity contribution in [2.45, 2.75) is 64.6 Å². The maximum atomic E-state index is 12.8. The van der Waals surface area contributed by atoms with Crippen LogP contribution in [0.4, 0.5) is 0 Å². The van der Waals surface area contributed by atoms with Gasteiger partial charge in [0.2, 0.25) is 11.8 Å². The Morgan fingerprint density at radius 1 is 1.38 bits per heavy atom. The Bertz CT molecular complexity index is 467. The van der Waals surface area contributed by atoms with Crippen molar-refractivity contribution in [3.8, 4) is 0 Å². The summed E-state index contributed by atoms with van der Waals surface area (Å²) in [5.41, 5.74) is 10.7. The molecule has 1 aliphatic heterocycles. The van der Waals surface area contributed by atoms with Crippen molar-refractivity contribution in [2.24, 2.45) is 16.9 Å². The van der Waals surface area contributed by atoms with Crippen LogP contribution in [0.5, 0.6) is 0 Å². The molecule has 1 saturated heterocycles. The lowest BCUT2D eigenvalue weighted by molar-refractivity contribution is -0.141. The molecule has 1 aliphatic rings. The number of likely N-dealkylation sites (N-methyl/N-ethyl adjacent to an activating group) is 1. The van der Waals surface area contributed by atoms with E-state index in [2.05, 4.69) is 0 Å². The van der Waals surface area contributed by atoms with Gasteiger partial charge in [0, 0.05) is 24.5 Å². The molecule has 7 nitrogen and oxygen atoms in total. The van der Waals surface area contributed by atoms with Crippen molar-refractivity contribution < 1.29 is 14.4 Å². The number of carbonyl (C=O) groups excluding carboxylic acids is 3. The normalized spacial score (nSPS) is 23.0. The third kappa shape index (κ3) is 5.01. The number of carbonyl (C=O) groups is 3. The van der Waals surface area contributed by atoms with Crippen LogP contribution in [0.1, 0.15) is 46.5 Å². The number of hydrogen-bond acceptors (Lipinski definition) is 5. The number of nitrogens with zero attached hydrogens (tertiary/aromatic N) is 2. The number of rotatable bonds is 9. The van der Waals surface area contributed by atoms with E-state index in [1.807, 2.05) is 32.7 Å². The fourth-order valence-corrected chi connectivity index (χ4v) is 3.16. The van der Waals surface area contributed by atoms with E-state index in [1.165, 1.54) is 0 Å². The van der Waals surface area contributed by atoms with Gasteiger partial charge in [0.15, 0.2) is 0 Å². The quantitative estimate of drug-likeness (QED) is 0.579. The SMILES string of the molecule is CCC(C)(C)C(=O)N(CCC1CCC(C(N)=O)N1C)CC(N)C=O. The second-order valence-corrected chi connectivity index (χ2v) is 7.39. The molecule has 7 heteroatoms. The molecule has 3 atom stereocenters. The van der Waals surface area contributed by atoms with Gasteiger partial charge in [-0.25, -0.2) is 0 Å². The van der Waals surface area contributed by atoms with E-state index >= 15 is 0 Å². The van der Waals surface area contributed by atoms with Crippen molar-refractivity contribution >= 4 is 18.1 Å². The molecule has 0 aliphatic carbocycles. The van der Waals surface area contributed by atoms with Gasteiger partial charge in [0.05, 0.1) is 12.1 Å². The molecule has 4 N–H and O–H groups in total. The van der Waals surface area contributed by atoms with Crippen LogP contribution in [0.3, 0.4) is 0 Å². The average molecular weight is 340 g/mol. The molecule has 0 aromatic heterocycles. The van der Waals surface area contributed by atoms with Crippen LogP contribution >= 0.6 is 0 Å². The second kappa shape index (κ2) is 8.58. The number of primary amides is 1. The fourth-order valence-electron chi connectivity index (χ4n) is 3.16. The smallest absolute Gasteiger partial charge is 0.234 e. The van der Waals surface area contributed by atoms with Crippen molar-refractivity contribution in [2.75, 3.05) is 20.1 Å². The molecule has 2 amide bonds. The van der Waals surface area contributed by atoms with E-state index in [1.54, 1.807) is 4.90 Å². The highest BCUT2D eigenvalue weighted by molar-refractivity contribution is 5.82. The summed E-state index contributed by atoms with van der Waals surface area (Å²) in [7, 11) is 1.90. The predicted octanol–water partition coefficient (Wildman–Crippen LogP) is 0.116. The number of aldehydes is 1. The van der Waals surface area contributed by atoms with Gasteiger partial charge in [-0.3, -0.25) is 14.5 Å².